The molecule has 2 aromatic carbocycles. The molecule has 2 heterocycles. The lowest BCUT2D eigenvalue weighted by Gasteiger charge is -2.31. The van der Waals surface area contributed by atoms with Crippen molar-refractivity contribution in [1.29, 1.82) is 0 Å². The molecule has 170 valence electrons. The molecule has 1 saturated heterocycles. The van der Waals surface area contributed by atoms with Crippen molar-refractivity contribution in [2.45, 2.75) is 46.3 Å². The molecule has 0 saturated carbocycles. The third-order valence-corrected chi connectivity index (χ3v) is 6.80. The van der Waals surface area contributed by atoms with Gasteiger partial charge in [-0.2, -0.15) is 0 Å². The van der Waals surface area contributed by atoms with Gasteiger partial charge in [-0.25, -0.2) is 4.68 Å². The molecule has 33 heavy (non-hydrogen) atoms. The van der Waals surface area contributed by atoms with Gasteiger partial charge in [0.25, 0.3) is 5.69 Å². The Balaban J connectivity index is 1.38. The van der Waals surface area contributed by atoms with Crippen LogP contribution in [-0.2, 0) is 22.6 Å². The number of hydrogen-bond acceptors (Lipinski definition) is 7. The topological polar surface area (TPSA) is 109 Å². The van der Waals surface area contributed by atoms with Gasteiger partial charge in [-0.05, 0) is 55.5 Å². The van der Waals surface area contributed by atoms with Gasteiger partial charge < -0.3 is 9.47 Å². The van der Waals surface area contributed by atoms with Crippen molar-refractivity contribution in [3.8, 4) is 11.4 Å². The second-order valence-corrected chi connectivity index (χ2v) is 8.78. The Morgan fingerprint density at radius 1 is 1.30 bits per heavy atom. The van der Waals surface area contributed by atoms with Crippen LogP contribution in [0.15, 0.2) is 36.5 Å². The molecule has 2 aliphatic rings. The molecular weight excluding hydrogens is 424 g/mol. The molecular formula is C24H24N4O5. The number of hydrogen-bond donors (Lipinski definition) is 0. The van der Waals surface area contributed by atoms with Crippen LogP contribution < -0.4 is 4.74 Å². The summed E-state index contributed by atoms with van der Waals surface area (Å²) >= 11 is 0. The van der Waals surface area contributed by atoms with Gasteiger partial charge in [-0.1, -0.05) is 18.2 Å². The molecule has 1 aliphatic heterocycles. The van der Waals surface area contributed by atoms with Gasteiger partial charge in [0.2, 0.25) is 0 Å². The SMILES string of the molecule is Cc1cc(OCc2cn(-c3cccc([N+](=O)[O-])c3)nn2)c(C)c2c1CCC1C(C)C(=O)OC21. The molecule has 0 N–H and O–H groups in total. The van der Waals surface area contributed by atoms with Gasteiger partial charge >= 0.3 is 5.97 Å². The van der Waals surface area contributed by atoms with Crippen LogP contribution in [0, 0.1) is 35.8 Å². The zero-order valence-electron chi connectivity index (χ0n) is 18.6. The van der Waals surface area contributed by atoms with Crippen LogP contribution in [-0.4, -0.2) is 25.9 Å². The number of esters is 1. The Bertz CT molecular complexity index is 1270. The number of benzene rings is 2. The van der Waals surface area contributed by atoms with E-state index in [0.29, 0.717) is 11.4 Å². The Hall–Kier alpha value is -3.75. The van der Waals surface area contributed by atoms with Gasteiger partial charge in [-0.3, -0.25) is 14.9 Å². The van der Waals surface area contributed by atoms with Crippen LogP contribution >= 0.6 is 0 Å². The van der Waals surface area contributed by atoms with Crippen LogP contribution in [0.1, 0.15) is 47.4 Å². The third-order valence-electron chi connectivity index (χ3n) is 6.80. The van der Waals surface area contributed by atoms with Gasteiger partial charge in [0.1, 0.15) is 24.2 Å². The van der Waals surface area contributed by atoms with Crippen molar-refractivity contribution in [3.63, 3.8) is 0 Å². The number of fused-ring (bicyclic) bond motifs is 3. The molecule has 0 amide bonds. The molecule has 1 aliphatic carbocycles. The highest BCUT2D eigenvalue weighted by molar-refractivity contribution is 5.76. The molecule has 3 aromatic rings. The molecule has 5 rings (SSSR count). The van der Waals surface area contributed by atoms with Crippen molar-refractivity contribution < 1.29 is 19.2 Å². The molecule has 3 atom stereocenters. The van der Waals surface area contributed by atoms with Crippen LogP contribution in [0.4, 0.5) is 5.69 Å². The predicted molar refractivity (Wildman–Crippen MR) is 118 cm³/mol. The molecule has 0 spiro atoms. The minimum absolute atomic E-state index is 0.0128. The van der Waals surface area contributed by atoms with E-state index in [2.05, 4.69) is 17.2 Å². The van der Waals surface area contributed by atoms with E-state index in [0.717, 1.165) is 35.3 Å². The number of rotatable bonds is 5. The van der Waals surface area contributed by atoms with E-state index < -0.39 is 4.92 Å². The minimum atomic E-state index is -0.446. The van der Waals surface area contributed by atoms with Crippen molar-refractivity contribution in [2.75, 3.05) is 0 Å². The summed E-state index contributed by atoms with van der Waals surface area (Å²) < 4.78 is 13.4. The van der Waals surface area contributed by atoms with E-state index in [9.17, 15) is 14.9 Å². The average Bonchev–Trinajstić information content (AvgIpc) is 3.39. The van der Waals surface area contributed by atoms with Crippen LogP contribution in [0.25, 0.3) is 5.69 Å². The minimum Gasteiger partial charge on any atom is -0.487 e. The second-order valence-electron chi connectivity index (χ2n) is 8.78. The van der Waals surface area contributed by atoms with E-state index in [1.54, 1.807) is 18.3 Å². The van der Waals surface area contributed by atoms with Gasteiger partial charge in [-0.15, -0.1) is 5.10 Å². The monoisotopic (exact) mass is 448 g/mol. The van der Waals surface area contributed by atoms with Crippen molar-refractivity contribution >= 4 is 11.7 Å². The number of non-ortho nitro benzene ring substituents is 1. The zero-order valence-corrected chi connectivity index (χ0v) is 18.6. The summed E-state index contributed by atoms with van der Waals surface area (Å²) in [5, 5.41) is 19.2. The molecule has 9 nitrogen and oxygen atoms in total. The van der Waals surface area contributed by atoms with Crippen LogP contribution in [0.5, 0.6) is 5.75 Å². The summed E-state index contributed by atoms with van der Waals surface area (Å²) in [5.41, 5.74) is 5.57. The van der Waals surface area contributed by atoms with E-state index in [1.807, 2.05) is 19.9 Å². The summed E-state index contributed by atoms with van der Waals surface area (Å²) in [6.45, 7) is 6.21. The summed E-state index contributed by atoms with van der Waals surface area (Å²) in [7, 11) is 0. The number of aromatic nitrogens is 3. The van der Waals surface area contributed by atoms with Gasteiger partial charge in [0, 0.05) is 23.6 Å². The molecule has 1 aromatic heterocycles. The van der Waals surface area contributed by atoms with E-state index in [-0.39, 0.29) is 36.2 Å². The molecule has 0 bridgehead atoms. The standard InChI is InChI=1S/C24H24N4O5/c1-13-9-21(15(3)22-19(13)7-8-20-14(2)24(29)33-23(20)22)32-12-16-11-27(26-25-16)17-5-4-6-18(10-17)28(30)31/h4-6,9-11,14,20,23H,7-8,12H2,1-3H3. The Morgan fingerprint density at radius 2 is 2.12 bits per heavy atom. The molecule has 9 heteroatoms. The first-order chi connectivity index (χ1) is 15.8. The summed E-state index contributed by atoms with van der Waals surface area (Å²) in [5.74, 6) is 0.718. The second kappa shape index (κ2) is 7.99. The van der Waals surface area contributed by atoms with Gasteiger partial charge in [0.05, 0.1) is 22.7 Å². The van der Waals surface area contributed by atoms with Crippen molar-refractivity contribution in [3.05, 3.63) is 74.6 Å². The highest BCUT2D eigenvalue weighted by Gasteiger charge is 2.46. The number of nitro groups is 1. The first-order valence-corrected chi connectivity index (χ1v) is 11.0. The van der Waals surface area contributed by atoms with Crippen molar-refractivity contribution in [1.82, 2.24) is 15.0 Å². The Kier molecular flexibility index (Phi) is 5.11. The third kappa shape index (κ3) is 3.63. The highest BCUT2D eigenvalue weighted by Crippen LogP contribution is 2.49. The van der Waals surface area contributed by atoms with E-state index in [4.69, 9.17) is 9.47 Å². The average molecular weight is 448 g/mol. The highest BCUT2D eigenvalue weighted by atomic mass is 16.6. The number of carbonyl (C=O) groups excluding carboxylic acids is 1. The maximum absolute atomic E-state index is 12.2. The van der Waals surface area contributed by atoms with Crippen LogP contribution in [0.3, 0.4) is 0 Å². The fourth-order valence-electron chi connectivity index (χ4n) is 4.96. The first kappa shape index (κ1) is 21.1. The zero-order chi connectivity index (χ0) is 23.3. The normalized spacial score (nSPS) is 21.3. The maximum Gasteiger partial charge on any atom is 0.309 e. The Morgan fingerprint density at radius 3 is 2.91 bits per heavy atom. The number of ether oxygens (including phenoxy) is 2. The number of carbonyl (C=O) groups is 1. The summed E-state index contributed by atoms with van der Waals surface area (Å²) in [4.78, 5) is 22.8. The quantitative estimate of drug-likeness (QED) is 0.327. The van der Waals surface area contributed by atoms with Crippen LogP contribution in [0.2, 0.25) is 0 Å². The fourth-order valence-corrected chi connectivity index (χ4v) is 4.96. The molecule has 3 unspecified atom stereocenters. The van der Waals surface area contributed by atoms with E-state index in [1.165, 1.54) is 22.4 Å². The number of nitrogens with zero attached hydrogens (tertiary/aromatic N) is 4. The van der Waals surface area contributed by atoms with E-state index >= 15 is 0 Å². The lowest BCUT2D eigenvalue weighted by Crippen LogP contribution is -2.22. The smallest absolute Gasteiger partial charge is 0.309 e. The van der Waals surface area contributed by atoms with Gasteiger partial charge in [0.15, 0.2) is 0 Å². The maximum atomic E-state index is 12.2. The summed E-state index contributed by atoms with van der Waals surface area (Å²) in [6, 6.07) is 8.23. The largest absolute Gasteiger partial charge is 0.487 e. The number of nitro benzene ring substituents is 1. The summed E-state index contributed by atoms with van der Waals surface area (Å²) in [6.07, 6.45) is 3.36. The first-order valence-electron chi connectivity index (χ1n) is 11.0. The predicted octanol–water partition coefficient (Wildman–Crippen LogP) is 4.17. The molecule has 0 radical (unpaired) electrons. The fraction of sp³-hybridized carbons (Fsp3) is 0.375. The lowest BCUT2D eigenvalue weighted by molar-refractivity contribution is -0.384. The lowest BCUT2D eigenvalue weighted by atomic mass is 9.74. The molecule has 1 fully saturated rings. The number of aryl methyl sites for hydroxylation is 1. The Labute approximate surface area is 190 Å². The van der Waals surface area contributed by atoms with Crippen molar-refractivity contribution in [2.24, 2.45) is 11.8 Å².